The van der Waals surface area contributed by atoms with Gasteiger partial charge in [-0.2, -0.15) is 0 Å². The monoisotopic (exact) mass is 307 g/mol. The van der Waals surface area contributed by atoms with Gasteiger partial charge in [0.15, 0.2) is 17.2 Å². The van der Waals surface area contributed by atoms with Crippen LogP contribution in [0.5, 0.6) is 11.5 Å². The molecule has 0 aliphatic carbocycles. The first-order chi connectivity index (χ1) is 10.5. The fraction of sp³-hybridized carbons (Fsp3) is 0.417. The topological polar surface area (TPSA) is 139 Å². The Morgan fingerprint density at radius 2 is 2.14 bits per heavy atom. The first-order valence-electron chi connectivity index (χ1n) is 6.48. The molecule has 0 saturated heterocycles. The third-order valence-electron chi connectivity index (χ3n) is 2.87. The molecular weight excluding hydrogens is 294 g/mol. The van der Waals surface area contributed by atoms with Crippen LogP contribution < -0.4 is 14.8 Å². The highest BCUT2D eigenvalue weighted by Crippen LogP contribution is 2.49. The molecule has 0 spiro atoms. The summed E-state index contributed by atoms with van der Waals surface area (Å²) in [5.41, 5.74) is 7.73. The molecule has 1 amide bonds. The first-order valence-corrected chi connectivity index (χ1v) is 6.48. The van der Waals surface area contributed by atoms with Gasteiger partial charge in [0.25, 0.3) is 0 Å². The lowest BCUT2D eigenvalue weighted by Crippen LogP contribution is -2.12. The minimum Gasteiger partial charge on any atom is -0.490 e. The van der Waals surface area contributed by atoms with Crippen molar-refractivity contribution in [1.29, 1.82) is 0 Å². The smallest absolute Gasteiger partial charge is 0.306 e. The number of azide groups is 1. The molecular formula is C12H13N5O5. The second-order valence-electron chi connectivity index (χ2n) is 4.48. The van der Waals surface area contributed by atoms with Gasteiger partial charge in [-0.3, -0.25) is 14.9 Å². The highest BCUT2D eigenvalue weighted by atomic mass is 16.6. The van der Waals surface area contributed by atoms with Crippen molar-refractivity contribution in [3.05, 3.63) is 26.6 Å². The third kappa shape index (κ3) is 3.18. The van der Waals surface area contributed by atoms with E-state index >= 15 is 0 Å². The molecule has 0 saturated carbocycles. The lowest BCUT2D eigenvalue weighted by Gasteiger charge is -2.19. The maximum absolute atomic E-state index is 11.3. The van der Waals surface area contributed by atoms with Gasteiger partial charge in [-0.05, 0) is 23.5 Å². The van der Waals surface area contributed by atoms with Crippen molar-refractivity contribution in [2.75, 3.05) is 18.5 Å². The van der Waals surface area contributed by atoms with Crippen molar-refractivity contribution in [2.45, 2.75) is 19.8 Å². The van der Waals surface area contributed by atoms with Gasteiger partial charge in [0, 0.05) is 17.9 Å². The fourth-order valence-electron chi connectivity index (χ4n) is 2.03. The number of nitrogens with one attached hydrogen (secondary N) is 1. The van der Waals surface area contributed by atoms with Crippen molar-refractivity contribution in [3.63, 3.8) is 0 Å². The van der Waals surface area contributed by atoms with Crippen LogP contribution in [0, 0.1) is 10.1 Å². The van der Waals surface area contributed by atoms with Crippen LogP contribution in [-0.2, 0) is 4.79 Å². The van der Waals surface area contributed by atoms with E-state index in [1.165, 1.54) is 13.0 Å². The second kappa shape index (κ2) is 6.64. The number of nitro benzene ring substituents is 1. The molecule has 0 atom stereocenters. The maximum atomic E-state index is 11.3. The standard InChI is InChI=1S/C12H13N5O5/c1-7(18)14-8-6-9-12(22-5-3-2-4-21-9)10(15-16-13)11(8)17(19)20/h6H,2-5H2,1H3,(H,14,18). The Bertz CT molecular complexity index is 668. The summed E-state index contributed by atoms with van der Waals surface area (Å²) in [6, 6.07) is 1.30. The summed E-state index contributed by atoms with van der Waals surface area (Å²) < 4.78 is 10.9. The van der Waals surface area contributed by atoms with E-state index in [0.717, 1.165) is 6.42 Å². The minimum absolute atomic E-state index is 0.0123. The summed E-state index contributed by atoms with van der Waals surface area (Å²) in [6.07, 6.45) is 1.46. The van der Waals surface area contributed by atoms with Crippen molar-refractivity contribution < 1.29 is 19.2 Å². The second-order valence-corrected chi connectivity index (χ2v) is 4.48. The average Bonchev–Trinajstić information content (AvgIpc) is 2.39. The van der Waals surface area contributed by atoms with Crippen LogP contribution in [0.25, 0.3) is 10.4 Å². The third-order valence-corrected chi connectivity index (χ3v) is 2.87. The lowest BCUT2D eigenvalue weighted by atomic mass is 10.2. The van der Waals surface area contributed by atoms with E-state index in [4.69, 9.17) is 15.0 Å². The van der Waals surface area contributed by atoms with E-state index in [9.17, 15) is 14.9 Å². The van der Waals surface area contributed by atoms with Gasteiger partial charge in [-0.15, -0.1) is 0 Å². The molecule has 0 bridgehead atoms. The Balaban J connectivity index is 2.72. The Morgan fingerprint density at radius 1 is 1.45 bits per heavy atom. The predicted molar refractivity (Wildman–Crippen MR) is 76.4 cm³/mol. The van der Waals surface area contributed by atoms with Crippen LogP contribution in [0.1, 0.15) is 19.8 Å². The number of carbonyl (C=O) groups excluding carboxylic acids is 1. The Morgan fingerprint density at radius 3 is 2.73 bits per heavy atom. The van der Waals surface area contributed by atoms with E-state index in [0.29, 0.717) is 19.6 Å². The molecule has 1 N–H and O–H groups in total. The van der Waals surface area contributed by atoms with E-state index in [-0.39, 0.29) is 22.9 Å². The van der Waals surface area contributed by atoms with Crippen molar-refractivity contribution >= 4 is 23.0 Å². The fourth-order valence-corrected chi connectivity index (χ4v) is 2.03. The molecule has 0 aromatic heterocycles. The Hall–Kier alpha value is -3.00. The number of ether oxygens (including phenoxy) is 2. The molecule has 1 aliphatic heterocycles. The van der Waals surface area contributed by atoms with Crippen LogP contribution >= 0.6 is 0 Å². The lowest BCUT2D eigenvalue weighted by molar-refractivity contribution is -0.383. The van der Waals surface area contributed by atoms with Gasteiger partial charge in [0.2, 0.25) is 5.91 Å². The summed E-state index contributed by atoms with van der Waals surface area (Å²) in [7, 11) is 0. The van der Waals surface area contributed by atoms with Gasteiger partial charge in [0.1, 0.15) is 5.69 Å². The van der Waals surface area contributed by atoms with Crippen LogP contribution in [-0.4, -0.2) is 24.0 Å². The van der Waals surface area contributed by atoms with Gasteiger partial charge in [0.05, 0.1) is 18.1 Å². The Labute approximate surface area is 124 Å². The molecule has 2 rings (SSSR count). The summed E-state index contributed by atoms with van der Waals surface area (Å²) in [5, 5.41) is 17.0. The molecule has 22 heavy (non-hydrogen) atoms. The average molecular weight is 307 g/mol. The molecule has 116 valence electrons. The van der Waals surface area contributed by atoms with Gasteiger partial charge in [-0.25, -0.2) is 0 Å². The zero-order chi connectivity index (χ0) is 16.1. The van der Waals surface area contributed by atoms with Crippen LogP contribution in [0.2, 0.25) is 0 Å². The zero-order valence-corrected chi connectivity index (χ0v) is 11.7. The normalized spacial score (nSPS) is 13.3. The number of nitro groups is 1. The number of rotatable bonds is 3. The Kier molecular flexibility index (Phi) is 4.64. The van der Waals surface area contributed by atoms with E-state index in [1.54, 1.807) is 0 Å². The minimum atomic E-state index is -0.738. The molecule has 1 aliphatic rings. The van der Waals surface area contributed by atoms with E-state index in [1.807, 2.05) is 0 Å². The highest BCUT2D eigenvalue weighted by molar-refractivity contribution is 5.95. The molecule has 10 nitrogen and oxygen atoms in total. The van der Waals surface area contributed by atoms with Crippen LogP contribution in [0.4, 0.5) is 17.1 Å². The number of benzene rings is 1. The number of hydrogen-bond acceptors (Lipinski definition) is 6. The van der Waals surface area contributed by atoms with Crippen LogP contribution in [0.3, 0.4) is 0 Å². The molecule has 1 aromatic carbocycles. The largest absolute Gasteiger partial charge is 0.490 e. The summed E-state index contributed by atoms with van der Waals surface area (Å²) in [4.78, 5) is 24.4. The van der Waals surface area contributed by atoms with Gasteiger partial charge in [-0.1, -0.05) is 0 Å². The molecule has 10 heteroatoms. The molecule has 0 fully saturated rings. The molecule has 1 heterocycles. The maximum Gasteiger partial charge on any atom is 0.306 e. The summed E-state index contributed by atoms with van der Waals surface area (Å²) >= 11 is 0. The first kappa shape index (κ1) is 15.4. The highest BCUT2D eigenvalue weighted by Gasteiger charge is 2.29. The van der Waals surface area contributed by atoms with Crippen LogP contribution in [0.15, 0.2) is 11.2 Å². The van der Waals surface area contributed by atoms with Crippen molar-refractivity contribution in [2.24, 2.45) is 5.11 Å². The number of fused-ring (bicyclic) bond motifs is 1. The SMILES string of the molecule is CC(=O)Nc1cc2c(c(N=[N+]=[N-])c1[N+](=O)[O-])OCCCCO2. The number of anilines is 1. The zero-order valence-electron chi connectivity index (χ0n) is 11.7. The number of hydrogen-bond donors (Lipinski definition) is 1. The summed E-state index contributed by atoms with van der Waals surface area (Å²) in [5.74, 6) is -0.295. The van der Waals surface area contributed by atoms with E-state index in [2.05, 4.69) is 15.3 Å². The van der Waals surface area contributed by atoms with Crippen molar-refractivity contribution in [1.82, 2.24) is 0 Å². The van der Waals surface area contributed by atoms with E-state index < -0.39 is 16.5 Å². The number of carbonyl (C=O) groups is 1. The number of amides is 1. The van der Waals surface area contributed by atoms with Gasteiger partial charge < -0.3 is 14.8 Å². The molecule has 0 unspecified atom stereocenters. The predicted octanol–water partition coefficient (Wildman–Crippen LogP) is 3.05. The van der Waals surface area contributed by atoms with Crippen molar-refractivity contribution in [3.8, 4) is 11.5 Å². The number of nitrogens with zero attached hydrogens (tertiary/aromatic N) is 4. The molecule has 1 aromatic rings. The quantitative estimate of drug-likeness (QED) is 0.300. The molecule has 0 radical (unpaired) electrons. The van der Waals surface area contributed by atoms with Gasteiger partial charge >= 0.3 is 5.69 Å². The summed E-state index contributed by atoms with van der Waals surface area (Å²) in [6.45, 7) is 1.93.